The summed E-state index contributed by atoms with van der Waals surface area (Å²) in [5.41, 5.74) is 0. The Labute approximate surface area is 50.6 Å². The average molecular weight is 137 g/mol. The zero-order valence-electron chi connectivity index (χ0n) is 4.96. The van der Waals surface area contributed by atoms with Crippen LogP contribution in [0.3, 0.4) is 0 Å². The maximum Gasteiger partial charge on any atom is 0.166 e. The van der Waals surface area contributed by atoms with Gasteiger partial charge in [0, 0.05) is 12.7 Å². The second-order valence-corrected chi connectivity index (χ2v) is 2.64. The summed E-state index contributed by atoms with van der Waals surface area (Å²) in [7, 11) is -1.67. The van der Waals surface area contributed by atoms with Crippen LogP contribution in [0.5, 0.6) is 0 Å². The zero-order chi connectivity index (χ0) is 6.41. The second-order valence-electron chi connectivity index (χ2n) is 1.45. The van der Waals surface area contributed by atoms with E-state index in [0.29, 0.717) is 12.7 Å². The smallest absolute Gasteiger partial charge is 0.166 e. The second kappa shape index (κ2) is 5.45. The van der Waals surface area contributed by atoms with Gasteiger partial charge in [-0.2, -0.15) is 0 Å². The highest BCUT2D eigenvalue weighted by Crippen LogP contribution is 2.20. The molecule has 0 aromatic carbocycles. The normalized spacial score (nSPS) is 10.5. The third-order valence-electron chi connectivity index (χ3n) is 0.739. The fraction of sp³-hybridized carbons (Fsp3) is 1.00. The molecule has 0 saturated carbocycles. The van der Waals surface area contributed by atoms with E-state index in [1.807, 2.05) is 6.92 Å². The van der Waals surface area contributed by atoms with Gasteiger partial charge in [-0.1, -0.05) is 6.92 Å². The lowest BCUT2D eigenvalue weighted by molar-refractivity contribution is 0.480. The van der Waals surface area contributed by atoms with Crippen molar-refractivity contribution in [1.29, 1.82) is 0 Å². The van der Waals surface area contributed by atoms with Gasteiger partial charge in [-0.15, -0.1) is 0 Å². The molecule has 0 aliphatic rings. The Morgan fingerprint density at radius 2 is 2.12 bits per heavy atom. The Kier molecular flexibility index (Phi) is 5.66. The molecule has 0 fully saturated rings. The average Bonchev–Trinajstić information content (AvgIpc) is 1.66. The molecule has 0 atom stereocenters. The minimum absolute atomic E-state index is 0.475. The van der Waals surface area contributed by atoms with Gasteiger partial charge in [0.1, 0.15) is 0 Å². The van der Waals surface area contributed by atoms with Crippen LogP contribution in [0.1, 0.15) is 6.92 Å². The van der Waals surface area contributed by atoms with E-state index in [1.165, 1.54) is 0 Å². The third-order valence-corrected chi connectivity index (χ3v) is 1.36. The molecule has 0 spiro atoms. The Balaban J connectivity index is 2.72. The monoisotopic (exact) mass is 137 g/mol. The van der Waals surface area contributed by atoms with Gasteiger partial charge in [0.2, 0.25) is 0 Å². The van der Waals surface area contributed by atoms with Crippen molar-refractivity contribution in [3.05, 3.63) is 0 Å². The molecule has 8 heavy (non-hydrogen) atoms. The Bertz CT molecular complexity index is 51.3. The van der Waals surface area contributed by atoms with Crippen molar-refractivity contribution in [3.63, 3.8) is 0 Å². The molecule has 0 heterocycles. The van der Waals surface area contributed by atoms with Crippen LogP contribution in [0.25, 0.3) is 0 Å². The van der Waals surface area contributed by atoms with Gasteiger partial charge in [0.05, 0.1) is 0 Å². The summed E-state index contributed by atoms with van der Waals surface area (Å²) in [4.78, 5) is 16.7. The summed E-state index contributed by atoms with van der Waals surface area (Å²) in [5, 5.41) is 2.98. The van der Waals surface area contributed by atoms with Crippen LogP contribution in [0.4, 0.5) is 0 Å². The molecule has 0 aromatic rings. The predicted molar refractivity (Wildman–Crippen MR) is 34.8 cm³/mol. The van der Waals surface area contributed by atoms with Crippen LogP contribution in [-0.2, 0) is 0 Å². The number of rotatable bonds is 4. The maximum atomic E-state index is 8.36. The minimum Gasteiger partial charge on any atom is -0.350 e. The summed E-state index contributed by atoms with van der Waals surface area (Å²) in [6.45, 7) is 3.58. The van der Waals surface area contributed by atoms with Gasteiger partial charge in [-0.05, 0) is 6.54 Å². The first-order valence-electron chi connectivity index (χ1n) is 2.63. The summed E-state index contributed by atoms with van der Waals surface area (Å²) in [6, 6.07) is 0. The first kappa shape index (κ1) is 8.31. The van der Waals surface area contributed by atoms with Gasteiger partial charge in [0.25, 0.3) is 0 Å². The van der Waals surface area contributed by atoms with E-state index in [0.717, 1.165) is 6.54 Å². The molecule has 0 rings (SSSR count). The third kappa shape index (κ3) is 6.31. The first-order valence-corrected chi connectivity index (χ1v) is 4.06. The molecular formula is C4H12NO2P. The van der Waals surface area contributed by atoms with Crippen molar-refractivity contribution in [2.75, 3.05) is 19.3 Å². The Hall–Kier alpha value is 0.310. The molecule has 4 heteroatoms. The van der Waals surface area contributed by atoms with Crippen LogP contribution in [0, 0.1) is 0 Å². The molecule has 50 valence electrons. The van der Waals surface area contributed by atoms with Crippen LogP contribution in [0.2, 0.25) is 0 Å². The van der Waals surface area contributed by atoms with Crippen LogP contribution in [-0.4, -0.2) is 29.0 Å². The molecule has 0 amide bonds. The van der Waals surface area contributed by atoms with Gasteiger partial charge >= 0.3 is 0 Å². The number of nitrogens with one attached hydrogen (secondary N) is 1. The molecule has 0 saturated heterocycles. The summed E-state index contributed by atoms with van der Waals surface area (Å²) in [6.07, 6.45) is 0.475. The van der Waals surface area contributed by atoms with E-state index in [2.05, 4.69) is 5.32 Å². The zero-order valence-corrected chi connectivity index (χ0v) is 5.86. The Morgan fingerprint density at radius 3 is 2.50 bits per heavy atom. The van der Waals surface area contributed by atoms with Crippen molar-refractivity contribution in [3.8, 4) is 0 Å². The molecule has 3 N–H and O–H groups in total. The number of hydrogen-bond donors (Lipinski definition) is 3. The minimum atomic E-state index is -1.67. The lowest BCUT2D eigenvalue weighted by Gasteiger charge is -2.00. The van der Waals surface area contributed by atoms with Crippen molar-refractivity contribution < 1.29 is 9.79 Å². The highest BCUT2D eigenvalue weighted by atomic mass is 31.2. The van der Waals surface area contributed by atoms with E-state index in [-0.39, 0.29) is 0 Å². The molecule has 0 aromatic heterocycles. The molecule has 0 aliphatic carbocycles. The number of hydrogen-bond acceptors (Lipinski definition) is 3. The van der Waals surface area contributed by atoms with Crippen molar-refractivity contribution in [2.45, 2.75) is 6.92 Å². The molecular weight excluding hydrogens is 125 g/mol. The van der Waals surface area contributed by atoms with Crippen LogP contribution >= 0.6 is 8.38 Å². The summed E-state index contributed by atoms with van der Waals surface area (Å²) >= 11 is 0. The molecule has 0 aliphatic heterocycles. The summed E-state index contributed by atoms with van der Waals surface area (Å²) in [5.74, 6) is 0. The fourth-order valence-corrected chi connectivity index (χ4v) is 0.714. The van der Waals surface area contributed by atoms with E-state index in [9.17, 15) is 0 Å². The molecule has 0 unspecified atom stereocenters. The summed E-state index contributed by atoms with van der Waals surface area (Å²) < 4.78 is 0. The van der Waals surface area contributed by atoms with Crippen LogP contribution < -0.4 is 5.32 Å². The highest BCUT2D eigenvalue weighted by molar-refractivity contribution is 7.45. The Morgan fingerprint density at radius 1 is 1.50 bits per heavy atom. The van der Waals surface area contributed by atoms with Crippen LogP contribution in [0.15, 0.2) is 0 Å². The lowest BCUT2D eigenvalue weighted by Crippen LogP contribution is -2.16. The fourth-order valence-electron chi connectivity index (χ4n) is 0.356. The van der Waals surface area contributed by atoms with E-state index < -0.39 is 8.38 Å². The quantitative estimate of drug-likeness (QED) is 0.374. The van der Waals surface area contributed by atoms with Crippen molar-refractivity contribution in [1.82, 2.24) is 5.32 Å². The van der Waals surface area contributed by atoms with Gasteiger partial charge in [0.15, 0.2) is 8.38 Å². The van der Waals surface area contributed by atoms with Gasteiger partial charge in [-0.25, -0.2) is 0 Å². The van der Waals surface area contributed by atoms with Crippen molar-refractivity contribution in [2.24, 2.45) is 0 Å². The van der Waals surface area contributed by atoms with Gasteiger partial charge < -0.3 is 15.1 Å². The molecule has 0 radical (unpaired) electrons. The standard InChI is InChI=1S/C4H12NO2P/c1-2-5-3-4-8(6)7/h5-7H,2-4H2,1H3. The van der Waals surface area contributed by atoms with Crippen molar-refractivity contribution >= 4 is 8.38 Å². The van der Waals surface area contributed by atoms with E-state index >= 15 is 0 Å². The highest BCUT2D eigenvalue weighted by Gasteiger charge is 1.94. The lowest BCUT2D eigenvalue weighted by atomic mass is 10.7. The first-order chi connectivity index (χ1) is 3.77. The molecule has 0 bridgehead atoms. The van der Waals surface area contributed by atoms with E-state index in [1.54, 1.807) is 0 Å². The van der Waals surface area contributed by atoms with Gasteiger partial charge in [-0.3, -0.25) is 0 Å². The van der Waals surface area contributed by atoms with E-state index in [4.69, 9.17) is 9.79 Å². The SMILES string of the molecule is CCNCCP(O)O. The topological polar surface area (TPSA) is 52.5 Å². The predicted octanol–water partition coefficient (Wildman–Crippen LogP) is -0.108. The maximum absolute atomic E-state index is 8.36. The largest absolute Gasteiger partial charge is 0.350 e. The molecule has 3 nitrogen and oxygen atoms in total.